The summed E-state index contributed by atoms with van der Waals surface area (Å²) in [5.41, 5.74) is 3.87. The van der Waals surface area contributed by atoms with Crippen molar-refractivity contribution in [1.82, 2.24) is 4.90 Å². The van der Waals surface area contributed by atoms with Gasteiger partial charge in [0.1, 0.15) is 0 Å². The van der Waals surface area contributed by atoms with Gasteiger partial charge in [-0.1, -0.05) is 18.2 Å². The van der Waals surface area contributed by atoms with Crippen molar-refractivity contribution in [3.8, 4) is 0 Å². The van der Waals surface area contributed by atoms with E-state index >= 15 is 0 Å². The molecule has 3 rings (SSSR count). The van der Waals surface area contributed by atoms with Crippen molar-refractivity contribution in [2.75, 3.05) is 43.4 Å². The van der Waals surface area contributed by atoms with E-state index in [2.05, 4.69) is 34.3 Å². The third-order valence-electron chi connectivity index (χ3n) is 4.36. The predicted octanol–water partition coefficient (Wildman–Crippen LogP) is 3.00. The summed E-state index contributed by atoms with van der Waals surface area (Å²) in [6.07, 6.45) is 0. The summed E-state index contributed by atoms with van der Waals surface area (Å²) in [6, 6.07) is 15.6. The Balaban J connectivity index is 1.71. The second kappa shape index (κ2) is 6.84. The number of likely N-dealkylation sites (N-methyl/N-ethyl adjacent to an activating group) is 1. The lowest BCUT2D eigenvalue weighted by Gasteiger charge is -2.34. The molecule has 2 aromatic carbocycles. The van der Waals surface area contributed by atoms with E-state index < -0.39 is 0 Å². The van der Waals surface area contributed by atoms with Gasteiger partial charge in [-0.05, 0) is 49.9 Å². The van der Waals surface area contributed by atoms with Gasteiger partial charge in [0, 0.05) is 43.1 Å². The first-order chi connectivity index (χ1) is 11.1. The molecule has 1 fully saturated rings. The Labute approximate surface area is 137 Å². The van der Waals surface area contributed by atoms with E-state index in [1.54, 1.807) is 0 Å². The Kier molecular flexibility index (Phi) is 4.63. The van der Waals surface area contributed by atoms with Crippen LogP contribution < -0.4 is 10.2 Å². The minimum absolute atomic E-state index is 0.0685. The molecule has 1 N–H and O–H groups in total. The van der Waals surface area contributed by atoms with Crippen molar-refractivity contribution in [3.63, 3.8) is 0 Å². The van der Waals surface area contributed by atoms with E-state index in [4.69, 9.17) is 0 Å². The molecule has 0 saturated carbocycles. The van der Waals surface area contributed by atoms with Crippen molar-refractivity contribution in [1.29, 1.82) is 0 Å². The minimum Gasteiger partial charge on any atom is -0.369 e. The van der Waals surface area contributed by atoms with Gasteiger partial charge >= 0.3 is 0 Å². The summed E-state index contributed by atoms with van der Waals surface area (Å²) < 4.78 is 0. The highest BCUT2D eigenvalue weighted by Crippen LogP contribution is 2.24. The number of anilines is 2. The summed E-state index contributed by atoms with van der Waals surface area (Å²) in [5, 5.41) is 3.00. The highest BCUT2D eigenvalue weighted by molar-refractivity contribution is 6.04. The Hall–Kier alpha value is -2.33. The molecule has 2 aromatic rings. The van der Waals surface area contributed by atoms with Gasteiger partial charge < -0.3 is 15.1 Å². The van der Waals surface area contributed by atoms with Crippen molar-refractivity contribution < 1.29 is 4.79 Å². The topological polar surface area (TPSA) is 35.6 Å². The fraction of sp³-hybridized carbons (Fsp3) is 0.316. The number of carbonyl (C=O) groups excluding carboxylic acids is 1. The van der Waals surface area contributed by atoms with Crippen LogP contribution in [-0.4, -0.2) is 44.0 Å². The van der Waals surface area contributed by atoms with Crippen LogP contribution >= 0.6 is 0 Å². The molecule has 0 unspecified atom stereocenters. The Morgan fingerprint density at radius 1 is 1.00 bits per heavy atom. The van der Waals surface area contributed by atoms with Crippen molar-refractivity contribution in [2.45, 2.75) is 6.92 Å². The van der Waals surface area contributed by atoms with Gasteiger partial charge in [-0.3, -0.25) is 4.79 Å². The smallest absolute Gasteiger partial charge is 0.255 e. The van der Waals surface area contributed by atoms with E-state index in [0.29, 0.717) is 5.56 Å². The second-order valence-electron chi connectivity index (χ2n) is 6.11. The van der Waals surface area contributed by atoms with Crippen molar-refractivity contribution in [2.24, 2.45) is 0 Å². The lowest BCUT2D eigenvalue weighted by atomic mass is 10.1. The first-order valence-corrected chi connectivity index (χ1v) is 8.04. The average molecular weight is 309 g/mol. The molecule has 1 saturated heterocycles. The van der Waals surface area contributed by atoms with E-state index in [1.165, 1.54) is 5.69 Å². The van der Waals surface area contributed by atoms with Gasteiger partial charge in [0.15, 0.2) is 0 Å². The zero-order valence-electron chi connectivity index (χ0n) is 13.7. The molecule has 4 heteroatoms. The maximum absolute atomic E-state index is 12.3. The number of hydrogen-bond acceptors (Lipinski definition) is 3. The quantitative estimate of drug-likeness (QED) is 0.947. The monoisotopic (exact) mass is 309 g/mol. The van der Waals surface area contributed by atoms with Crippen LogP contribution in [0.1, 0.15) is 15.9 Å². The summed E-state index contributed by atoms with van der Waals surface area (Å²) in [5.74, 6) is -0.0685. The fourth-order valence-electron chi connectivity index (χ4n) is 2.83. The molecule has 0 radical (unpaired) electrons. The standard InChI is InChI=1S/C19H23N3O/c1-15-14-17(22-12-10-21(2)11-13-22)8-9-18(15)20-19(23)16-6-4-3-5-7-16/h3-9,14H,10-13H2,1-2H3,(H,20,23). The van der Waals surface area contributed by atoms with Crippen molar-refractivity contribution >= 4 is 17.3 Å². The lowest BCUT2D eigenvalue weighted by molar-refractivity contribution is 0.102. The number of amides is 1. The number of piperazine rings is 1. The molecule has 1 aliphatic heterocycles. The second-order valence-corrected chi connectivity index (χ2v) is 6.11. The average Bonchev–Trinajstić information content (AvgIpc) is 2.58. The zero-order chi connectivity index (χ0) is 16.2. The largest absolute Gasteiger partial charge is 0.369 e. The van der Waals surface area contributed by atoms with E-state index in [0.717, 1.165) is 37.4 Å². The van der Waals surface area contributed by atoms with Gasteiger partial charge in [0.05, 0.1) is 0 Å². The normalized spacial score (nSPS) is 15.5. The number of benzene rings is 2. The molecule has 1 heterocycles. The number of carbonyl (C=O) groups is 1. The first kappa shape index (κ1) is 15.6. The van der Waals surface area contributed by atoms with E-state index in [-0.39, 0.29) is 5.91 Å². The van der Waals surface area contributed by atoms with Gasteiger partial charge in [0.2, 0.25) is 0 Å². The number of aryl methyl sites for hydroxylation is 1. The third kappa shape index (κ3) is 3.71. The SMILES string of the molecule is Cc1cc(N2CCN(C)CC2)ccc1NC(=O)c1ccccc1. The van der Waals surface area contributed by atoms with E-state index in [1.807, 2.05) is 43.3 Å². The van der Waals surface area contributed by atoms with Crippen LogP contribution in [0.25, 0.3) is 0 Å². The van der Waals surface area contributed by atoms with Gasteiger partial charge in [-0.15, -0.1) is 0 Å². The summed E-state index contributed by atoms with van der Waals surface area (Å²) in [7, 11) is 2.16. The van der Waals surface area contributed by atoms with Crippen LogP contribution in [0.4, 0.5) is 11.4 Å². The molecular formula is C19H23N3O. The first-order valence-electron chi connectivity index (χ1n) is 8.04. The van der Waals surface area contributed by atoms with Crippen LogP contribution in [0, 0.1) is 6.92 Å². The Bertz CT molecular complexity index is 676. The molecule has 0 spiro atoms. The van der Waals surface area contributed by atoms with Crippen LogP contribution in [0.5, 0.6) is 0 Å². The van der Waals surface area contributed by atoms with Crippen LogP contribution in [-0.2, 0) is 0 Å². The summed E-state index contributed by atoms with van der Waals surface area (Å²) in [4.78, 5) is 17.0. The third-order valence-corrected chi connectivity index (χ3v) is 4.36. The highest BCUT2D eigenvalue weighted by atomic mass is 16.1. The van der Waals surface area contributed by atoms with Crippen LogP contribution in [0.3, 0.4) is 0 Å². The minimum atomic E-state index is -0.0685. The fourth-order valence-corrected chi connectivity index (χ4v) is 2.83. The number of rotatable bonds is 3. The predicted molar refractivity (Wildman–Crippen MR) is 95.3 cm³/mol. The molecule has 0 bridgehead atoms. The van der Waals surface area contributed by atoms with E-state index in [9.17, 15) is 4.79 Å². The summed E-state index contributed by atoms with van der Waals surface area (Å²) >= 11 is 0. The molecule has 120 valence electrons. The molecule has 4 nitrogen and oxygen atoms in total. The number of hydrogen-bond donors (Lipinski definition) is 1. The molecule has 1 aliphatic rings. The highest BCUT2D eigenvalue weighted by Gasteiger charge is 2.15. The molecule has 23 heavy (non-hydrogen) atoms. The van der Waals surface area contributed by atoms with Crippen molar-refractivity contribution in [3.05, 3.63) is 59.7 Å². The zero-order valence-corrected chi connectivity index (χ0v) is 13.7. The maximum atomic E-state index is 12.3. The lowest BCUT2D eigenvalue weighted by Crippen LogP contribution is -2.44. The molecule has 1 amide bonds. The molecule has 0 atom stereocenters. The van der Waals surface area contributed by atoms with Crippen LogP contribution in [0.15, 0.2) is 48.5 Å². The van der Waals surface area contributed by atoms with Gasteiger partial charge in [-0.25, -0.2) is 0 Å². The van der Waals surface area contributed by atoms with Gasteiger partial charge in [0.25, 0.3) is 5.91 Å². The number of nitrogens with one attached hydrogen (secondary N) is 1. The number of nitrogens with zero attached hydrogens (tertiary/aromatic N) is 2. The molecule has 0 aromatic heterocycles. The van der Waals surface area contributed by atoms with Gasteiger partial charge in [-0.2, -0.15) is 0 Å². The Morgan fingerprint density at radius 2 is 1.70 bits per heavy atom. The molecular weight excluding hydrogens is 286 g/mol. The maximum Gasteiger partial charge on any atom is 0.255 e. The summed E-state index contributed by atoms with van der Waals surface area (Å²) in [6.45, 7) is 6.31. The van der Waals surface area contributed by atoms with Crippen LogP contribution in [0.2, 0.25) is 0 Å². The Morgan fingerprint density at radius 3 is 2.35 bits per heavy atom. The molecule has 0 aliphatic carbocycles.